The van der Waals surface area contributed by atoms with Crippen LogP contribution < -0.4 is 10.6 Å². The molecule has 0 aliphatic rings. The molecule has 1 heterocycles. The first-order chi connectivity index (χ1) is 4.39. The summed E-state index contributed by atoms with van der Waals surface area (Å²) in [6.07, 6.45) is 3.29. The van der Waals surface area contributed by atoms with E-state index in [1.54, 1.807) is 12.4 Å². The molecular formula is C6H12N3+. The highest BCUT2D eigenvalue weighted by Gasteiger charge is 1.82. The maximum Gasteiger partial charge on any atom is 0.230 e. The van der Waals surface area contributed by atoms with E-state index in [1.807, 2.05) is 26.0 Å². The Morgan fingerprint density at radius 1 is 1.33 bits per heavy atom. The number of rotatable bonds is 0. The van der Waals surface area contributed by atoms with Crippen LogP contribution in [0.25, 0.3) is 0 Å². The molecule has 3 heteroatoms. The van der Waals surface area contributed by atoms with Gasteiger partial charge < -0.3 is 0 Å². The molecule has 0 saturated carbocycles. The highest BCUT2D eigenvalue weighted by Crippen LogP contribution is 1.65. The first-order valence-corrected chi connectivity index (χ1v) is 2.97. The SMILES string of the molecule is CC.N[n+]1ccccn1. The minimum absolute atomic E-state index is 1.25. The molecular weight excluding hydrogens is 114 g/mol. The lowest BCUT2D eigenvalue weighted by Gasteiger charge is -1.74. The van der Waals surface area contributed by atoms with Crippen molar-refractivity contribution in [2.75, 3.05) is 5.84 Å². The standard InChI is InChI=1S/C4H6N3.C2H6/c5-7-4-2-1-3-6-7;1-2/h1-4H,(H2,5,6);1-2H3/q+1;. The third kappa shape index (κ3) is 3.46. The summed E-state index contributed by atoms with van der Waals surface area (Å²) in [5.41, 5.74) is 0. The van der Waals surface area contributed by atoms with Crippen LogP contribution in [0.4, 0.5) is 0 Å². The van der Waals surface area contributed by atoms with E-state index in [2.05, 4.69) is 5.10 Å². The Morgan fingerprint density at radius 3 is 2.22 bits per heavy atom. The molecule has 1 aromatic heterocycles. The molecule has 3 nitrogen and oxygen atoms in total. The average Bonchev–Trinajstić information content (AvgIpc) is 1.94. The fraction of sp³-hybridized carbons (Fsp3) is 0.333. The Morgan fingerprint density at radius 2 is 2.00 bits per heavy atom. The molecule has 1 rings (SSSR count). The summed E-state index contributed by atoms with van der Waals surface area (Å²) < 4.78 is 0. The molecule has 0 aliphatic carbocycles. The van der Waals surface area contributed by atoms with Gasteiger partial charge in [-0.2, -0.15) is 5.84 Å². The van der Waals surface area contributed by atoms with Gasteiger partial charge in [0.1, 0.15) is 0 Å². The predicted octanol–water partition coefficient (Wildman–Crippen LogP) is 0.109. The number of nitrogen functional groups attached to an aromatic ring is 1. The largest absolute Gasteiger partial charge is 0.230 e. The van der Waals surface area contributed by atoms with E-state index in [1.165, 1.54) is 4.79 Å². The van der Waals surface area contributed by atoms with Crippen LogP contribution in [0, 0.1) is 0 Å². The topological polar surface area (TPSA) is 42.8 Å². The van der Waals surface area contributed by atoms with Crippen LogP contribution in [0.5, 0.6) is 0 Å². The van der Waals surface area contributed by atoms with Crippen LogP contribution in [0.1, 0.15) is 13.8 Å². The molecule has 0 saturated heterocycles. The van der Waals surface area contributed by atoms with Crippen molar-refractivity contribution in [2.24, 2.45) is 0 Å². The van der Waals surface area contributed by atoms with Crippen molar-refractivity contribution in [1.82, 2.24) is 5.10 Å². The second kappa shape index (κ2) is 5.03. The molecule has 50 valence electrons. The lowest BCUT2D eigenvalue weighted by atomic mass is 10.6. The maximum atomic E-state index is 5.16. The first-order valence-electron chi connectivity index (χ1n) is 2.97. The molecule has 0 fully saturated rings. The van der Waals surface area contributed by atoms with Crippen LogP contribution >= 0.6 is 0 Å². The molecule has 0 radical (unpaired) electrons. The fourth-order valence-electron chi connectivity index (χ4n) is 0.342. The quantitative estimate of drug-likeness (QED) is 0.396. The van der Waals surface area contributed by atoms with Gasteiger partial charge in [-0.05, 0) is 6.07 Å². The van der Waals surface area contributed by atoms with Gasteiger partial charge in [0.05, 0.1) is 6.20 Å². The number of nitrogens with two attached hydrogens (primary N) is 1. The van der Waals surface area contributed by atoms with Gasteiger partial charge in [0.25, 0.3) is 0 Å². The molecule has 0 unspecified atom stereocenters. The smallest absolute Gasteiger partial charge is 0.181 e. The molecule has 0 aliphatic heterocycles. The second-order valence-corrected chi connectivity index (χ2v) is 1.18. The summed E-state index contributed by atoms with van der Waals surface area (Å²) in [5.74, 6) is 5.16. The Kier molecular flexibility index (Phi) is 4.40. The van der Waals surface area contributed by atoms with E-state index in [-0.39, 0.29) is 0 Å². The molecule has 1 aromatic rings. The van der Waals surface area contributed by atoms with Gasteiger partial charge in [-0.25, -0.2) is 0 Å². The van der Waals surface area contributed by atoms with Gasteiger partial charge in [-0.15, -0.1) is 0 Å². The van der Waals surface area contributed by atoms with E-state index in [0.29, 0.717) is 0 Å². The normalized spacial score (nSPS) is 7.33. The summed E-state index contributed by atoms with van der Waals surface area (Å²) >= 11 is 0. The summed E-state index contributed by atoms with van der Waals surface area (Å²) in [7, 11) is 0. The van der Waals surface area contributed by atoms with Gasteiger partial charge in [-0.1, -0.05) is 13.8 Å². The van der Waals surface area contributed by atoms with Crippen LogP contribution in [0.15, 0.2) is 24.5 Å². The highest BCUT2D eigenvalue weighted by atomic mass is 15.5. The molecule has 0 spiro atoms. The van der Waals surface area contributed by atoms with Crippen LogP contribution in [0.3, 0.4) is 0 Å². The van der Waals surface area contributed by atoms with Crippen molar-refractivity contribution in [3.63, 3.8) is 0 Å². The van der Waals surface area contributed by atoms with E-state index in [9.17, 15) is 0 Å². The maximum absolute atomic E-state index is 5.16. The predicted molar refractivity (Wildman–Crippen MR) is 35.9 cm³/mol. The Bertz CT molecular complexity index is 138. The zero-order valence-corrected chi connectivity index (χ0v) is 5.78. The third-order valence-corrected chi connectivity index (χ3v) is 0.636. The number of hydrogen-bond acceptors (Lipinski definition) is 2. The minimum atomic E-state index is 1.25. The lowest BCUT2D eigenvalue weighted by molar-refractivity contribution is -0.700. The van der Waals surface area contributed by atoms with Gasteiger partial charge in [0, 0.05) is 16.0 Å². The average molecular weight is 126 g/mol. The van der Waals surface area contributed by atoms with E-state index < -0.39 is 0 Å². The van der Waals surface area contributed by atoms with E-state index in [4.69, 9.17) is 5.84 Å². The third-order valence-electron chi connectivity index (χ3n) is 0.636. The van der Waals surface area contributed by atoms with Gasteiger partial charge >= 0.3 is 0 Å². The summed E-state index contributed by atoms with van der Waals surface area (Å²) in [5, 5.41) is 3.67. The molecule has 0 amide bonds. The monoisotopic (exact) mass is 126 g/mol. The van der Waals surface area contributed by atoms with Crippen LogP contribution in [-0.2, 0) is 0 Å². The number of hydrogen-bond donors (Lipinski definition) is 1. The molecule has 2 N–H and O–H groups in total. The van der Waals surface area contributed by atoms with E-state index >= 15 is 0 Å². The van der Waals surface area contributed by atoms with Crippen molar-refractivity contribution in [1.29, 1.82) is 0 Å². The Labute approximate surface area is 55.1 Å². The highest BCUT2D eigenvalue weighted by molar-refractivity contribution is 4.76. The lowest BCUT2D eigenvalue weighted by Crippen LogP contribution is -2.47. The molecule has 9 heavy (non-hydrogen) atoms. The first kappa shape index (κ1) is 7.88. The minimum Gasteiger partial charge on any atom is -0.181 e. The number of aromatic nitrogens is 2. The van der Waals surface area contributed by atoms with Crippen molar-refractivity contribution in [2.45, 2.75) is 13.8 Å². The summed E-state index contributed by atoms with van der Waals surface area (Å²) in [4.78, 5) is 1.25. The van der Waals surface area contributed by atoms with Crippen molar-refractivity contribution < 1.29 is 4.79 Å². The van der Waals surface area contributed by atoms with Gasteiger partial charge in [0.15, 0.2) is 0 Å². The number of nitrogens with zero attached hydrogens (tertiary/aromatic N) is 2. The Balaban J connectivity index is 0.000000291. The molecule has 0 bridgehead atoms. The Hall–Kier alpha value is -1.12. The van der Waals surface area contributed by atoms with E-state index in [0.717, 1.165) is 0 Å². The summed E-state index contributed by atoms with van der Waals surface area (Å²) in [6.45, 7) is 4.00. The van der Waals surface area contributed by atoms with Crippen molar-refractivity contribution in [3.05, 3.63) is 24.5 Å². The zero-order chi connectivity index (χ0) is 7.11. The molecule has 0 atom stereocenters. The zero-order valence-electron chi connectivity index (χ0n) is 5.78. The second-order valence-electron chi connectivity index (χ2n) is 1.18. The van der Waals surface area contributed by atoms with Crippen LogP contribution in [0.2, 0.25) is 0 Å². The van der Waals surface area contributed by atoms with Crippen molar-refractivity contribution >= 4 is 0 Å². The van der Waals surface area contributed by atoms with Crippen LogP contribution in [-0.4, -0.2) is 5.10 Å². The van der Waals surface area contributed by atoms with Crippen molar-refractivity contribution in [3.8, 4) is 0 Å². The fourth-order valence-corrected chi connectivity index (χ4v) is 0.342. The molecule has 0 aromatic carbocycles. The van der Waals surface area contributed by atoms with Gasteiger partial charge in [-0.3, -0.25) is 0 Å². The van der Waals surface area contributed by atoms with Gasteiger partial charge in [0.2, 0.25) is 6.20 Å². The summed E-state index contributed by atoms with van der Waals surface area (Å²) in [6, 6.07) is 3.62.